The Bertz CT molecular complexity index is 529. The van der Waals surface area contributed by atoms with E-state index in [0.29, 0.717) is 24.1 Å². The van der Waals surface area contributed by atoms with Crippen LogP contribution in [0.15, 0.2) is 18.2 Å². The van der Waals surface area contributed by atoms with Crippen molar-refractivity contribution >= 4 is 17.3 Å². The summed E-state index contributed by atoms with van der Waals surface area (Å²) in [5.41, 5.74) is 0.376. The predicted octanol–water partition coefficient (Wildman–Crippen LogP) is 2.39. The molecule has 0 radical (unpaired) electrons. The Morgan fingerprint density at radius 3 is 2.68 bits per heavy atom. The van der Waals surface area contributed by atoms with Crippen molar-refractivity contribution in [1.29, 1.82) is 0 Å². The smallest absolute Gasteiger partial charge is 0.335 e. The Morgan fingerprint density at radius 2 is 2.21 bits per heavy atom. The van der Waals surface area contributed by atoms with Crippen LogP contribution >= 0.6 is 0 Å². The van der Waals surface area contributed by atoms with Gasteiger partial charge in [-0.25, -0.2) is 4.79 Å². The van der Waals surface area contributed by atoms with Gasteiger partial charge in [0.05, 0.1) is 10.5 Å². The molecule has 102 valence electrons. The number of carbonyl (C=O) groups is 1. The van der Waals surface area contributed by atoms with Crippen molar-refractivity contribution in [2.45, 2.75) is 13.3 Å². The number of hydrogen-bond donors (Lipinski definition) is 1. The van der Waals surface area contributed by atoms with Crippen molar-refractivity contribution < 1.29 is 14.8 Å². The topological polar surface area (TPSA) is 83.7 Å². The number of nitro groups is 1. The van der Waals surface area contributed by atoms with Gasteiger partial charge in [-0.2, -0.15) is 0 Å². The van der Waals surface area contributed by atoms with E-state index in [1.54, 1.807) is 11.9 Å². The highest BCUT2D eigenvalue weighted by Gasteiger charge is 2.34. The molecule has 1 aliphatic carbocycles. The number of nitro benzene ring substituents is 1. The van der Waals surface area contributed by atoms with Crippen LogP contribution in [0.4, 0.5) is 11.4 Å². The van der Waals surface area contributed by atoms with Gasteiger partial charge in [0, 0.05) is 19.7 Å². The van der Waals surface area contributed by atoms with E-state index in [9.17, 15) is 14.9 Å². The Balaban J connectivity index is 2.30. The van der Waals surface area contributed by atoms with Crippen molar-refractivity contribution in [3.63, 3.8) is 0 Å². The molecular weight excluding hydrogens is 248 g/mol. The Kier molecular flexibility index (Phi) is 3.42. The van der Waals surface area contributed by atoms with Gasteiger partial charge < -0.3 is 10.0 Å². The number of rotatable bonds is 5. The van der Waals surface area contributed by atoms with Gasteiger partial charge in [-0.05, 0) is 30.4 Å². The van der Waals surface area contributed by atoms with Crippen LogP contribution in [0.25, 0.3) is 0 Å². The first-order chi connectivity index (χ1) is 8.90. The number of anilines is 1. The molecule has 1 fully saturated rings. The van der Waals surface area contributed by atoms with Crippen LogP contribution in [0.2, 0.25) is 0 Å². The molecule has 6 nitrogen and oxygen atoms in total. The van der Waals surface area contributed by atoms with Crippen LogP contribution in [0.3, 0.4) is 0 Å². The van der Waals surface area contributed by atoms with Crippen molar-refractivity contribution in [3.05, 3.63) is 33.9 Å². The fraction of sp³-hybridized carbons (Fsp3) is 0.462. The quantitative estimate of drug-likeness (QED) is 0.652. The first-order valence-electron chi connectivity index (χ1n) is 6.13. The lowest BCUT2D eigenvalue weighted by Crippen LogP contribution is -2.22. The van der Waals surface area contributed by atoms with Gasteiger partial charge in [-0.1, -0.05) is 6.92 Å². The minimum absolute atomic E-state index is 0.0548. The molecule has 0 spiro atoms. The minimum Gasteiger partial charge on any atom is -0.478 e. The summed E-state index contributed by atoms with van der Waals surface area (Å²) in [5.74, 6) is 0.103. The molecule has 2 atom stereocenters. The summed E-state index contributed by atoms with van der Waals surface area (Å²) in [6.07, 6.45) is 1.12. The molecular formula is C13H16N2O4. The van der Waals surface area contributed by atoms with Gasteiger partial charge in [-0.3, -0.25) is 10.1 Å². The van der Waals surface area contributed by atoms with Gasteiger partial charge in [-0.15, -0.1) is 0 Å². The highest BCUT2D eigenvalue weighted by molar-refractivity contribution is 5.90. The van der Waals surface area contributed by atoms with E-state index >= 15 is 0 Å². The third-order valence-electron chi connectivity index (χ3n) is 3.61. The van der Waals surface area contributed by atoms with Gasteiger partial charge in [0.25, 0.3) is 5.69 Å². The van der Waals surface area contributed by atoms with E-state index < -0.39 is 10.9 Å². The molecule has 1 aromatic carbocycles. The molecule has 1 aliphatic rings. The fourth-order valence-electron chi connectivity index (χ4n) is 2.22. The number of carboxylic acid groups (broad SMARTS) is 1. The van der Waals surface area contributed by atoms with Crippen molar-refractivity contribution in [3.8, 4) is 0 Å². The largest absolute Gasteiger partial charge is 0.478 e. The average Bonchev–Trinajstić information content (AvgIpc) is 3.03. The molecule has 1 saturated carbocycles. The van der Waals surface area contributed by atoms with Crippen LogP contribution < -0.4 is 4.90 Å². The van der Waals surface area contributed by atoms with Crippen molar-refractivity contribution in [1.82, 2.24) is 0 Å². The summed E-state index contributed by atoms with van der Waals surface area (Å²) >= 11 is 0. The van der Waals surface area contributed by atoms with E-state index in [1.807, 2.05) is 0 Å². The van der Waals surface area contributed by atoms with Crippen LogP contribution in [-0.2, 0) is 0 Å². The monoisotopic (exact) mass is 264 g/mol. The summed E-state index contributed by atoms with van der Waals surface area (Å²) in [4.78, 5) is 23.3. The van der Waals surface area contributed by atoms with E-state index in [2.05, 4.69) is 6.92 Å². The number of hydrogen-bond acceptors (Lipinski definition) is 4. The Morgan fingerprint density at radius 1 is 1.58 bits per heavy atom. The number of nitrogens with zero attached hydrogens (tertiary/aromatic N) is 2. The molecule has 0 aliphatic heterocycles. The molecule has 0 bridgehead atoms. The first kappa shape index (κ1) is 13.3. The molecule has 19 heavy (non-hydrogen) atoms. The Labute approximate surface area is 110 Å². The van der Waals surface area contributed by atoms with Gasteiger partial charge in [0.15, 0.2) is 0 Å². The maximum absolute atomic E-state index is 11.0. The van der Waals surface area contributed by atoms with Crippen molar-refractivity contribution in [2.75, 3.05) is 18.5 Å². The molecule has 0 aromatic heterocycles. The number of carboxylic acids is 1. The van der Waals surface area contributed by atoms with Crippen LogP contribution in [-0.4, -0.2) is 29.6 Å². The molecule has 1 N–H and O–H groups in total. The summed E-state index contributed by atoms with van der Waals surface area (Å²) in [6, 6.07) is 3.89. The zero-order valence-corrected chi connectivity index (χ0v) is 10.9. The molecule has 0 saturated heterocycles. The van der Waals surface area contributed by atoms with Gasteiger partial charge in [0.2, 0.25) is 0 Å². The second kappa shape index (κ2) is 4.87. The summed E-state index contributed by atoms with van der Waals surface area (Å²) in [6.45, 7) is 2.85. The fourth-order valence-corrected chi connectivity index (χ4v) is 2.22. The summed E-state index contributed by atoms with van der Waals surface area (Å²) < 4.78 is 0. The molecule has 2 rings (SSSR count). The summed E-state index contributed by atoms with van der Waals surface area (Å²) in [7, 11) is 1.76. The first-order valence-corrected chi connectivity index (χ1v) is 6.13. The third kappa shape index (κ3) is 2.83. The van der Waals surface area contributed by atoms with Crippen LogP contribution in [0, 0.1) is 22.0 Å². The van der Waals surface area contributed by atoms with E-state index in [-0.39, 0.29) is 11.3 Å². The second-order valence-corrected chi connectivity index (χ2v) is 5.12. The molecule has 0 heterocycles. The molecule has 0 amide bonds. The standard InChI is InChI=1S/C13H16N2O4/c1-8-5-10(8)7-14(2)12-6-9(13(16)17)3-4-11(12)15(18)19/h3-4,6,8,10H,5,7H2,1-2H3,(H,16,17). The summed E-state index contributed by atoms with van der Waals surface area (Å²) in [5, 5.41) is 20.0. The van der Waals surface area contributed by atoms with Crippen LogP contribution in [0.5, 0.6) is 0 Å². The Hall–Kier alpha value is -2.11. The van der Waals surface area contributed by atoms with Crippen LogP contribution in [0.1, 0.15) is 23.7 Å². The third-order valence-corrected chi connectivity index (χ3v) is 3.61. The maximum Gasteiger partial charge on any atom is 0.335 e. The highest BCUT2D eigenvalue weighted by atomic mass is 16.6. The van der Waals surface area contributed by atoms with Gasteiger partial charge in [0.1, 0.15) is 5.69 Å². The lowest BCUT2D eigenvalue weighted by molar-refractivity contribution is -0.384. The lowest BCUT2D eigenvalue weighted by atomic mass is 10.1. The molecule has 1 aromatic rings. The zero-order chi connectivity index (χ0) is 14.2. The molecule has 2 unspecified atom stereocenters. The number of aromatic carboxylic acids is 1. The normalized spacial score (nSPS) is 20.9. The SMILES string of the molecule is CC1CC1CN(C)c1cc(C(=O)O)ccc1[N+](=O)[O-]. The predicted molar refractivity (Wildman–Crippen MR) is 70.6 cm³/mol. The van der Waals surface area contributed by atoms with Gasteiger partial charge >= 0.3 is 5.97 Å². The second-order valence-electron chi connectivity index (χ2n) is 5.12. The minimum atomic E-state index is -1.08. The molecule has 6 heteroatoms. The number of benzene rings is 1. The zero-order valence-electron chi connectivity index (χ0n) is 10.9. The highest BCUT2D eigenvalue weighted by Crippen LogP contribution is 2.40. The van der Waals surface area contributed by atoms with Crippen molar-refractivity contribution in [2.24, 2.45) is 11.8 Å². The van der Waals surface area contributed by atoms with E-state index in [1.165, 1.54) is 18.2 Å². The lowest BCUT2D eigenvalue weighted by Gasteiger charge is -2.19. The van der Waals surface area contributed by atoms with E-state index in [0.717, 1.165) is 6.42 Å². The maximum atomic E-state index is 11.0. The van der Waals surface area contributed by atoms with E-state index in [4.69, 9.17) is 5.11 Å². The average molecular weight is 264 g/mol.